The van der Waals surface area contributed by atoms with Gasteiger partial charge in [-0.05, 0) is 30.5 Å². The van der Waals surface area contributed by atoms with Crippen LogP contribution in [0, 0.1) is 5.82 Å². The number of nitrogens with one attached hydrogen (secondary N) is 2. The molecule has 0 bridgehead atoms. The van der Waals surface area contributed by atoms with Gasteiger partial charge >= 0.3 is 0 Å². The highest BCUT2D eigenvalue weighted by Gasteiger charge is 2.23. The molecule has 2 atom stereocenters. The zero-order valence-electron chi connectivity index (χ0n) is 17.2. The van der Waals surface area contributed by atoms with Gasteiger partial charge in [-0.2, -0.15) is 0 Å². The minimum atomic E-state index is -0.216. The van der Waals surface area contributed by atoms with Crippen LogP contribution in [0.5, 0.6) is 0 Å². The SMILES string of the molecule is CN=C(NCCCOC1CCOC1)NCC(c1ccc(F)cc1)N1CCOCC1. The van der Waals surface area contributed by atoms with E-state index in [9.17, 15) is 4.39 Å². The molecule has 2 fully saturated rings. The molecule has 0 aliphatic carbocycles. The number of benzene rings is 1. The molecule has 0 amide bonds. The van der Waals surface area contributed by atoms with Crippen molar-refractivity contribution in [1.82, 2.24) is 15.5 Å². The Bertz CT molecular complexity index is 617. The van der Waals surface area contributed by atoms with Crippen LogP contribution >= 0.6 is 0 Å². The minimum Gasteiger partial charge on any atom is -0.379 e. The van der Waals surface area contributed by atoms with Crippen molar-refractivity contribution in [1.29, 1.82) is 0 Å². The van der Waals surface area contributed by atoms with Gasteiger partial charge < -0.3 is 24.8 Å². The van der Waals surface area contributed by atoms with Crippen molar-refractivity contribution in [2.75, 3.05) is 66.3 Å². The molecule has 1 aromatic carbocycles. The number of guanidine groups is 1. The standard InChI is InChI=1S/C21H33FN4O3/c1-23-21(24-8-2-11-29-19-7-12-28-16-19)25-15-20(26-9-13-27-14-10-26)17-3-5-18(22)6-4-17/h3-6,19-20H,2,7-16H2,1H3,(H2,23,24,25). The second kappa shape index (κ2) is 12.1. The van der Waals surface area contributed by atoms with Crippen LogP contribution in [-0.4, -0.2) is 83.2 Å². The maximum Gasteiger partial charge on any atom is 0.191 e. The molecular weight excluding hydrogens is 375 g/mol. The topological polar surface area (TPSA) is 67.4 Å². The Kier molecular flexibility index (Phi) is 9.14. The van der Waals surface area contributed by atoms with Crippen molar-refractivity contribution < 1.29 is 18.6 Å². The van der Waals surface area contributed by atoms with Gasteiger partial charge in [0.05, 0.1) is 32.0 Å². The van der Waals surface area contributed by atoms with Crippen molar-refractivity contribution >= 4 is 5.96 Å². The van der Waals surface area contributed by atoms with E-state index >= 15 is 0 Å². The Labute approximate surface area is 172 Å². The highest BCUT2D eigenvalue weighted by molar-refractivity contribution is 5.79. The van der Waals surface area contributed by atoms with E-state index in [1.165, 1.54) is 12.1 Å². The maximum absolute atomic E-state index is 13.4. The lowest BCUT2D eigenvalue weighted by Gasteiger charge is -2.35. The Hall–Kier alpha value is -1.74. The van der Waals surface area contributed by atoms with Gasteiger partial charge in [0.25, 0.3) is 0 Å². The van der Waals surface area contributed by atoms with Crippen molar-refractivity contribution in [3.05, 3.63) is 35.6 Å². The second-order valence-electron chi connectivity index (χ2n) is 7.31. The molecule has 0 spiro atoms. The molecule has 2 saturated heterocycles. The van der Waals surface area contributed by atoms with E-state index in [1.54, 1.807) is 7.05 Å². The molecule has 2 heterocycles. The molecule has 3 rings (SSSR count). The first-order chi connectivity index (χ1) is 14.3. The van der Waals surface area contributed by atoms with Crippen LogP contribution in [0.25, 0.3) is 0 Å². The molecule has 2 aliphatic heterocycles. The van der Waals surface area contributed by atoms with E-state index < -0.39 is 0 Å². The molecule has 8 heteroatoms. The Morgan fingerprint density at radius 3 is 2.69 bits per heavy atom. The summed E-state index contributed by atoms with van der Waals surface area (Å²) in [4.78, 5) is 6.69. The van der Waals surface area contributed by atoms with E-state index in [0.29, 0.717) is 19.8 Å². The van der Waals surface area contributed by atoms with Gasteiger partial charge in [-0.25, -0.2) is 4.39 Å². The lowest BCUT2D eigenvalue weighted by molar-refractivity contribution is 0.0170. The molecule has 0 radical (unpaired) electrons. The van der Waals surface area contributed by atoms with Gasteiger partial charge in [0.2, 0.25) is 0 Å². The Morgan fingerprint density at radius 2 is 2.00 bits per heavy atom. The van der Waals surface area contributed by atoms with Gasteiger partial charge in [0, 0.05) is 46.4 Å². The number of aliphatic imine (C=N–C) groups is 1. The van der Waals surface area contributed by atoms with Crippen LogP contribution in [-0.2, 0) is 14.2 Å². The fraction of sp³-hybridized carbons (Fsp3) is 0.667. The summed E-state index contributed by atoms with van der Waals surface area (Å²) < 4.78 is 30.0. The van der Waals surface area contributed by atoms with Crippen LogP contribution in [0.15, 0.2) is 29.3 Å². The summed E-state index contributed by atoms with van der Waals surface area (Å²) in [5.41, 5.74) is 1.09. The highest BCUT2D eigenvalue weighted by Crippen LogP contribution is 2.21. The third-order valence-electron chi connectivity index (χ3n) is 5.28. The first kappa shape index (κ1) is 22.0. The number of halogens is 1. The van der Waals surface area contributed by atoms with E-state index in [4.69, 9.17) is 14.2 Å². The molecule has 162 valence electrons. The molecule has 2 aliphatic rings. The average Bonchev–Trinajstić information content (AvgIpc) is 3.27. The number of nitrogens with zero attached hydrogens (tertiary/aromatic N) is 2. The number of ether oxygens (including phenoxy) is 3. The predicted octanol–water partition coefficient (Wildman–Crippen LogP) is 1.56. The third-order valence-corrected chi connectivity index (χ3v) is 5.28. The molecular formula is C21H33FN4O3. The molecule has 2 unspecified atom stereocenters. The quantitative estimate of drug-likeness (QED) is 0.367. The van der Waals surface area contributed by atoms with Crippen LogP contribution in [0.3, 0.4) is 0 Å². The van der Waals surface area contributed by atoms with Crippen molar-refractivity contribution in [2.24, 2.45) is 4.99 Å². The summed E-state index contributed by atoms with van der Waals surface area (Å²) in [5.74, 6) is 0.542. The molecule has 0 aromatic heterocycles. The zero-order chi connectivity index (χ0) is 20.3. The van der Waals surface area contributed by atoms with E-state index in [2.05, 4.69) is 20.5 Å². The van der Waals surface area contributed by atoms with Gasteiger partial charge in [-0.15, -0.1) is 0 Å². The van der Waals surface area contributed by atoms with Crippen LogP contribution in [0.1, 0.15) is 24.4 Å². The number of morpholine rings is 1. The summed E-state index contributed by atoms with van der Waals surface area (Å²) in [7, 11) is 1.77. The van der Waals surface area contributed by atoms with Crippen LogP contribution in [0.2, 0.25) is 0 Å². The second-order valence-corrected chi connectivity index (χ2v) is 7.31. The third kappa shape index (κ3) is 7.22. The van der Waals surface area contributed by atoms with E-state index in [-0.39, 0.29) is 18.0 Å². The minimum absolute atomic E-state index is 0.128. The molecule has 29 heavy (non-hydrogen) atoms. The summed E-state index contributed by atoms with van der Waals surface area (Å²) in [6, 6.07) is 6.88. The van der Waals surface area contributed by atoms with E-state index in [0.717, 1.165) is 63.8 Å². The molecule has 1 aromatic rings. The fourth-order valence-corrected chi connectivity index (χ4v) is 3.62. The zero-order valence-corrected chi connectivity index (χ0v) is 17.2. The van der Waals surface area contributed by atoms with Crippen molar-refractivity contribution in [3.63, 3.8) is 0 Å². The summed E-state index contributed by atoms with van der Waals surface area (Å²) in [6.45, 7) is 6.85. The van der Waals surface area contributed by atoms with E-state index in [1.807, 2.05) is 12.1 Å². The maximum atomic E-state index is 13.4. The monoisotopic (exact) mass is 408 g/mol. The van der Waals surface area contributed by atoms with Gasteiger partial charge in [0.1, 0.15) is 5.82 Å². The number of hydrogen-bond acceptors (Lipinski definition) is 5. The van der Waals surface area contributed by atoms with Crippen molar-refractivity contribution in [2.45, 2.75) is 25.0 Å². The molecule has 0 saturated carbocycles. The number of hydrogen-bond donors (Lipinski definition) is 2. The Morgan fingerprint density at radius 1 is 1.21 bits per heavy atom. The first-order valence-electron chi connectivity index (χ1n) is 10.5. The largest absolute Gasteiger partial charge is 0.379 e. The summed E-state index contributed by atoms with van der Waals surface area (Å²) in [6.07, 6.45) is 2.14. The smallest absolute Gasteiger partial charge is 0.191 e. The normalized spacial score (nSPS) is 21.9. The number of rotatable bonds is 9. The van der Waals surface area contributed by atoms with Crippen LogP contribution in [0.4, 0.5) is 4.39 Å². The van der Waals surface area contributed by atoms with Gasteiger partial charge in [-0.3, -0.25) is 9.89 Å². The lowest BCUT2D eigenvalue weighted by Crippen LogP contribution is -2.46. The molecule has 2 N–H and O–H groups in total. The van der Waals surface area contributed by atoms with Crippen molar-refractivity contribution in [3.8, 4) is 0 Å². The molecule has 7 nitrogen and oxygen atoms in total. The van der Waals surface area contributed by atoms with Gasteiger partial charge in [0.15, 0.2) is 5.96 Å². The van der Waals surface area contributed by atoms with Crippen LogP contribution < -0.4 is 10.6 Å². The summed E-state index contributed by atoms with van der Waals surface area (Å²) >= 11 is 0. The predicted molar refractivity (Wildman–Crippen MR) is 111 cm³/mol. The van der Waals surface area contributed by atoms with Gasteiger partial charge in [-0.1, -0.05) is 12.1 Å². The highest BCUT2D eigenvalue weighted by atomic mass is 19.1. The first-order valence-corrected chi connectivity index (χ1v) is 10.5. The Balaban J connectivity index is 1.45. The average molecular weight is 409 g/mol. The fourth-order valence-electron chi connectivity index (χ4n) is 3.62. The summed E-state index contributed by atoms with van der Waals surface area (Å²) in [5, 5.41) is 6.75. The lowest BCUT2D eigenvalue weighted by atomic mass is 10.0.